The number of carbonyl (C=O) groups excluding carboxylic acids is 3. The second kappa shape index (κ2) is 22.1. The van der Waals surface area contributed by atoms with E-state index in [-0.39, 0.29) is 39.5 Å². The molecule has 1 fully saturated rings. The zero-order valence-corrected chi connectivity index (χ0v) is 29.2. The van der Waals surface area contributed by atoms with E-state index in [9.17, 15) is 25.0 Å². The molecular formula is C38H46N4O10. The smallest absolute Gasteiger partial charge is 0.410 e. The first-order valence-corrected chi connectivity index (χ1v) is 17.3. The highest BCUT2D eigenvalue weighted by molar-refractivity contribution is 5.70. The number of azide groups is 1. The van der Waals surface area contributed by atoms with E-state index in [0.29, 0.717) is 32.4 Å². The summed E-state index contributed by atoms with van der Waals surface area (Å²) >= 11 is 0. The maximum absolute atomic E-state index is 13.1. The quantitative estimate of drug-likeness (QED) is 0.0372. The number of benzene rings is 3. The Morgan fingerprint density at radius 2 is 1.44 bits per heavy atom. The van der Waals surface area contributed by atoms with E-state index >= 15 is 0 Å². The van der Waals surface area contributed by atoms with Crippen LogP contribution in [0.25, 0.3) is 10.4 Å². The summed E-state index contributed by atoms with van der Waals surface area (Å²) in [6.07, 6.45) is -3.22. The largest absolute Gasteiger partial charge is 0.465 e. The van der Waals surface area contributed by atoms with Crippen LogP contribution in [0.3, 0.4) is 0 Å². The number of esters is 2. The highest BCUT2D eigenvalue weighted by Gasteiger charge is 2.47. The van der Waals surface area contributed by atoms with Crippen LogP contribution in [-0.2, 0) is 57.8 Å². The minimum atomic E-state index is -1.34. The lowest BCUT2D eigenvalue weighted by Crippen LogP contribution is -2.59. The SMILES string of the molecule is CC(=O)OCCC(=O)OCC1OC(OCCCCCN(Cc2ccccc2)C(=O)OCc2ccccc2)C(N=[N+]=[N-])C(OCc2ccccc2)C1O. The molecular weight excluding hydrogens is 672 g/mol. The fraction of sp³-hybridized carbons (Fsp3) is 0.447. The van der Waals surface area contributed by atoms with Crippen molar-refractivity contribution in [3.8, 4) is 0 Å². The Kier molecular flexibility index (Phi) is 16.9. The molecule has 1 heterocycles. The van der Waals surface area contributed by atoms with Crippen molar-refractivity contribution in [1.29, 1.82) is 0 Å². The molecule has 0 aliphatic carbocycles. The van der Waals surface area contributed by atoms with Crippen LogP contribution in [-0.4, -0.2) is 85.0 Å². The van der Waals surface area contributed by atoms with Crippen LogP contribution in [0.1, 0.15) is 49.3 Å². The van der Waals surface area contributed by atoms with Gasteiger partial charge in [0, 0.05) is 31.5 Å². The minimum absolute atomic E-state index is 0.106. The van der Waals surface area contributed by atoms with E-state index in [4.69, 9.17) is 28.4 Å². The Labute approximate surface area is 303 Å². The predicted octanol–water partition coefficient (Wildman–Crippen LogP) is 5.86. The van der Waals surface area contributed by atoms with Gasteiger partial charge < -0.3 is 38.4 Å². The first kappa shape index (κ1) is 39.8. The van der Waals surface area contributed by atoms with Crippen LogP contribution in [0.2, 0.25) is 0 Å². The maximum atomic E-state index is 13.1. The van der Waals surface area contributed by atoms with Crippen LogP contribution in [0, 0.1) is 0 Å². The summed E-state index contributed by atoms with van der Waals surface area (Å²) in [4.78, 5) is 41.0. The number of aliphatic hydroxyl groups excluding tert-OH is 1. The highest BCUT2D eigenvalue weighted by Crippen LogP contribution is 2.28. The standard InChI is InChI=1S/C38H46N4O10/c1-28(43)47-23-20-33(44)49-27-32-35(45)36(50-25-30-16-8-3-9-17-30)34(40-41-39)37(52-32)48-22-13-5-12-21-42(24-29-14-6-2-7-15-29)38(46)51-26-31-18-10-4-11-19-31/h2-4,6-11,14-19,32,34-37,45H,5,12-13,20-27H2,1H3. The summed E-state index contributed by atoms with van der Waals surface area (Å²) in [5, 5.41) is 15.1. The molecule has 0 spiro atoms. The number of aliphatic hydroxyl groups is 1. The molecule has 4 rings (SSSR count). The number of hydrogen-bond donors (Lipinski definition) is 1. The molecule has 52 heavy (non-hydrogen) atoms. The number of carbonyl (C=O) groups is 3. The lowest BCUT2D eigenvalue weighted by Gasteiger charge is -2.42. The summed E-state index contributed by atoms with van der Waals surface area (Å²) in [6, 6.07) is 27.4. The molecule has 1 N–H and O–H groups in total. The molecule has 0 aromatic heterocycles. The van der Waals surface area contributed by atoms with Gasteiger partial charge in [-0.3, -0.25) is 9.59 Å². The topological polar surface area (TPSA) is 179 Å². The van der Waals surface area contributed by atoms with Gasteiger partial charge in [-0.15, -0.1) is 0 Å². The molecule has 1 saturated heterocycles. The van der Waals surface area contributed by atoms with E-state index in [1.165, 1.54) is 6.92 Å². The van der Waals surface area contributed by atoms with E-state index in [1.54, 1.807) is 4.90 Å². The highest BCUT2D eigenvalue weighted by atomic mass is 16.7. The van der Waals surface area contributed by atoms with Crippen LogP contribution >= 0.6 is 0 Å². The summed E-state index contributed by atoms with van der Waals surface area (Å²) in [5.74, 6) is -1.18. The van der Waals surface area contributed by atoms with E-state index in [0.717, 1.165) is 16.7 Å². The molecule has 5 atom stereocenters. The van der Waals surface area contributed by atoms with Gasteiger partial charge in [-0.1, -0.05) is 96.1 Å². The van der Waals surface area contributed by atoms with Crippen molar-refractivity contribution < 1.29 is 47.9 Å². The van der Waals surface area contributed by atoms with Gasteiger partial charge in [0.2, 0.25) is 0 Å². The number of rotatable bonds is 20. The number of nitrogens with zero attached hydrogens (tertiary/aromatic N) is 4. The van der Waals surface area contributed by atoms with E-state index < -0.39 is 48.7 Å². The van der Waals surface area contributed by atoms with E-state index in [1.807, 2.05) is 91.0 Å². The normalized spacial score (nSPS) is 19.5. The van der Waals surface area contributed by atoms with Gasteiger partial charge in [-0.2, -0.15) is 0 Å². The molecule has 0 saturated carbocycles. The van der Waals surface area contributed by atoms with E-state index in [2.05, 4.69) is 10.0 Å². The number of ether oxygens (including phenoxy) is 6. The third-order valence-electron chi connectivity index (χ3n) is 8.17. The third kappa shape index (κ3) is 13.6. The van der Waals surface area contributed by atoms with Crippen molar-refractivity contribution in [2.24, 2.45) is 5.11 Å². The Balaban J connectivity index is 1.33. The molecule has 1 aliphatic rings. The molecule has 5 unspecified atom stereocenters. The van der Waals surface area contributed by atoms with Gasteiger partial charge >= 0.3 is 18.0 Å². The Morgan fingerprint density at radius 3 is 2.08 bits per heavy atom. The lowest BCUT2D eigenvalue weighted by molar-refractivity contribution is -0.275. The van der Waals surface area contributed by atoms with Gasteiger partial charge in [0.25, 0.3) is 0 Å². The van der Waals surface area contributed by atoms with Gasteiger partial charge in [-0.05, 0) is 41.5 Å². The molecule has 3 aromatic carbocycles. The van der Waals surface area contributed by atoms with Crippen LogP contribution < -0.4 is 0 Å². The van der Waals surface area contributed by atoms with Crippen molar-refractivity contribution in [3.63, 3.8) is 0 Å². The van der Waals surface area contributed by atoms with Crippen molar-refractivity contribution in [2.75, 3.05) is 26.4 Å². The summed E-state index contributed by atoms with van der Waals surface area (Å²) in [6.45, 7) is 2.09. The maximum Gasteiger partial charge on any atom is 0.410 e. The number of unbranched alkanes of at least 4 members (excludes halogenated alkanes) is 2. The number of hydrogen-bond acceptors (Lipinski definition) is 11. The van der Waals surface area contributed by atoms with Crippen molar-refractivity contribution in [3.05, 3.63) is 118 Å². The molecule has 14 heteroatoms. The second-order valence-electron chi connectivity index (χ2n) is 12.1. The predicted molar refractivity (Wildman–Crippen MR) is 188 cm³/mol. The van der Waals surface area contributed by atoms with Crippen LogP contribution in [0.15, 0.2) is 96.1 Å². The molecule has 0 radical (unpaired) electrons. The summed E-state index contributed by atoms with van der Waals surface area (Å²) in [7, 11) is 0. The fourth-order valence-electron chi connectivity index (χ4n) is 5.48. The summed E-state index contributed by atoms with van der Waals surface area (Å²) in [5.41, 5.74) is 12.1. The fourth-order valence-corrected chi connectivity index (χ4v) is 5.48. The molecule has 0 bridgehead atoms. The van der Waals surface area contributed by atoms with Gasteiger partial charge in [0.15, 0.2) is 6.29 Å². The van der Waals surface area contributed by atoms with Gasteiger partial charge in [-0.25, -0.2) is 4.79 Å². The Morgan fingerprint density at radius 1 is 0.808 bits per heavy atom. The molecule has 14 nitrogen and oxygen atoms in total. The van der Waals surface area contributed by atoms with Crippen molar-refractivity contribution >= 4 is 18.0 Å². The minimum Gasteiger partial charge on any atom is -0.465 e. The molecule has 278 valence electrons. The zero-order chi connectivity index (χ0) is 37.0. The Bertz CT molecular complexity index is 1560. The number of amides is 1. The third-order valence-corrected chi connectivity index (χ3v) is 8.17. The monoisotopic (exact) mass is 718 g/mol. The molecule has 3 aromatic rings. The van der Waals surface area contributed by atoms with Gasteiger partial charge in [0.05, 0.1) is 19.1 Å². The lowest BCUT2D eigenvalue weighted by atomic mass is 9.97. The average Bonchev–Trinajstić information content (AvgIpc) is 3.16. The van der Waals surface area contributed by atoms with Crippen LogP contribution in [0.4, 0.5) is 4.79 Å². The summed E-state index contributed by atoms with van der Waals surface area (Å²) < 4.78 is 33.8. The zero-order valence-electron chi connectivity index (χ0n) is 29.2. The first-order chi connectivity index (χ1) is 25.3. The second-order valence-corrected chi connectivity index (χ2v) is 12.1. The molecule has 1 aliphatic heterocycles. The van der Waals surface area contributed by atoms with Crippen molar-refractivity contribution in [1.82, 2.24) is 4.90 Å². The van der Waals surface area contributed by atoms with Crippen LogP contribution in [0.5, 0.6) is 0 Å². The first-order valence-electron chi connectivity index (χ1n) is 17.3. The average molecular weight is 719 g/mol. The van der Waals surface area contributed by atoms with Crippen molar-refractivity contribution in [2.45, 2.75) is 83.0 Å². The van der Waals surface area contributed by atoms with Gasteiger partial charge in [0.1, 0.15) is 38.1 Å². The Hall–Kier alpha value is -4.98. The molecule has 1 amide bonds.